The van der Waals surface area contributed by atoms with Gasteiger partial charge in [-0.15, -0.1) is 0 Å². The van der Waals surface area contributed by atoms with Crippen LogP contribution >= 0.6 is 12.2 Å². The molecule has 20 heavy (non-hydrogen) atoms. The largest absolute Gasteiger partial charge is 0.494 e. The average molecular weight is 286 g/mol. The van der Waals surface area contributed by atoms with Crippen LogP contribution < -0.4 is 5.56 Å². The molecule has 2 N–H and O–H groups in total. The van der Waals surface area contributed by atoms with Gasteiger partial charge < -0.3 is 5.11 Å². The third-order valence-corrected chi connectivity index (χ3v) is 3.43. The number of fused-ring (bicyclic) bond motifs is 1. The molecule has 0 fully saturated rings. The predicted octanol–water partition coefficient (Wildman–Crippen LogP) is 1.80. The Morgan fingerprint density at radius 1 is 1.50 bits per heavy atom. The first-order chi connectivity index (χ1) is 9.58. The summed E-state index contributed by atoms with van der Waals surface area (Å²) in [7, 11) is 1.58. The van der Waals surface area contributed by atoms with Gasteiger partial charge in [-0.05, 0) is 30.4 Å². The molecule has 3 rings (SSSR count). The molecule has 0 spiro atoms. The van der Waals surface area contributed by atoms with Gasteiger partial charge in [-0.2, -0.15) is 0 Å². The number of hydrogen-bond donors (Lipinski definition) is 2. The Labute approximate surface area is 118 Å². The maximum absolute atomic E-state index is 11.9. The number of pyridine rings is 1. The number of aromatic hydroxyl groups is 1. The summed E-state index contributed by atoms with van der Waals surface area (Å²) in [5.41, 5.74) is 1.23. The lowest BCUT2D eigenvalue weighted by molar-refractivity contribution is 0.419. The molecular weight excluding hydrogens is 276 g/mol. The minimum absolute atomic E-state index is 0.138. The fourth-order valence-electron chi connectivity index (χ4n) is 1.95. The third kappa shape index (κ3) is 1.88. The Morgan fingerprint density at radius 2 is 2.30 bits per heavy atom. The molecule has 1 aliphatic rings. The van der Waals surface area contributed by atoms with Gasteiger partial charge in [0.15, 0.2) is 10.6 Å². The Bertz CT molecular complexity index is 877. The van der Waals surface area contributed by atoms with Crippen LogP contribution in [0.4, 0.5) is 5.82 Å². The van der Waals surface area contributed by atoms with Crippen LogP contribution in [-0.4, -0.2) is 25.9 Å². The van der Waals surface area contributed by atoms with E-state index in [0.717, 1.165) is 5.56 Å². The van der Waals surface area contributed by atoms with Crippen molar-refractivity contribution in [1.29, 1.82) is 0 Å². The lowest BCUT2D eigenvalue weighted by Gasteiger charge is -2.06. The Morgan fingerprint density at radius 3 is 3.10 bits per heavy atom. The number of aromatic nitrogens is 3. The van der Waals surface area contributed by atoms with Crippen molar-refractivity contribution in [2.45, 2.75) is 0 Å². The number of rotatable bonds is 1. The van der Waals surface area contributed by atoms with E-state index < -0.39 is 5.56 Å². The lowest BCUT2D eigenvalue weighted by Crippen LogP contribution is -2.15. The van der Waals surface area contributed by atoms with Gasteiger partial charge in [-0.25, -0.2) is 9.98 Å². The second kappa shape index (κ2) is 4.53. The number of aliphatic imine (C=N–C) groups is 1. The molecule has 0 aromatic carbocycles. The number of H-pyrrole nitrogens is 1. The second-order valence-corrected chi connectivity index (χ2v) is 4.67. The Balaban J connectivity index is 2.21. The third-order valence-electron chi connectivity index (χ3n) is 3.05. The van der Waals surface area contributed by atoms with Crippen molar-refractivity contribution in [3.63, 3.8) is 0 Å². The SMILES string of the molecule is Cn1c(O)c(/C=C2\C=Nc3ncccc32)c(=O)[nH]c1=S. The minimum Gasteiger partial charge on any atom is -0.494 e. The molecule has 2 aromatic rings. The summed E-state index contributed by atoms with van der Waals surface area (Å²) < 4.78 is 1.50. The average Bonchev–Trinajstić information content (AvgIpc) is 2.84. The van der Waals surface area contributed by atoms with Gasteiger partial charge in [-0.1, -0.05) is 0 Å². The molecular formula is C13H10N4O2S. The topological polar surface area (TPSA) is 83.3 Å². The molecule has 0 amide bonds. The van der Waals surface area contributed by atoms with E-state index >= 15 is 0 Å². The summed E-state index contributed by atoms with van der Waals surface area (Å²) in [6, 6.07) is 3.64. The highest BCUT2D eigenvalue weighted by molar-refractivity contribution is 7.71. The molecule has 0 bridgehead atoms. The monoisotopic (exact) mass is 286 g/mol. The van der Waals surface area contributed by atoms with Crippen LogP contribution in [0.3, 0.4) is 0 Å². The molecule has 2 aromatic heterocycles. The van der Waals surface area contributed by atoms with Gasteiger partial charge in [0.25, 0.3) is 5.56 Å². The van der Waals surface area contributed by atoms with E-state index in [0.29, 0.717) is 11.4 Å². The summed E-state index contributed by atoms with van der Waals surface area (Å²) >= 11 is 4.92. The molecule has 0 aliphatic carbocycles. The zero-order valence-electron chi connectivity index (χ0n) is 10.5. The van der Waals surface area contributed by atoms with Gasteiger partial charge in [0.2, 0.25) is 5.88 Å². The van der Waals surface area contributed by atoms with Crippen molar-refractivity contribution < 1.29 is 5.11 Å². The zero-order valence-corrected chi connectivity index (χ0v) is 11.3. The van der Waals surface area contributed by atoms with Crippen molar-refractivity contribution in [2.75, 3.05) is 0 Å². The molecule has 1 aliphatic heterocycles. The highest BCUT2D eigenvalue weighted by Gasteiger charge is 2.15. The summed E-state index contributed by atoms with van der Waals surface area (Å²) in [5.74, 6) is 0.413. The molecule has 6 nitrogen and oxygen atoms in total. The Kier molecular flexibility index (Phi) is 2.83. The van der Waals surface area contributed by atoms with Crippen LogP contribution in [0.15, 0.2) is 28.1 Å². The maximum Gasteiger partial charge on any atom is 0.262 e. The van der Waals surface area contributed by atoms with E-state index in [4.69, 9.17) is 12.2 Å². The van der Waals surface area contributed by atoms with Crippen LogP contribution in [0, 0.1) is 4.77 Å². The molecule has 7 heteroatoms. The van der Waals surface area contributed by atoms with Crippen molar-refractivity contribution in [3.05, 3.63) is 44.6 Å². The van der Waals surface area contributed by atoms with Gasteiger partial charge >= 0.3 is 0 Å². The van der Waals surface area contributed by atoms with Crippen LogP contribution in [0.1, 0.15) is 11.1 Å². The highest BCUT2D eigenvalue weighted by atomic mass is 32.1. The minimum atomic E-state index is -0.441. The molecule has 0 atom stereocenters. The predicted molar refractivity (Wildman–Crippen MR) is 78.8 cm³/mol. The molecule has 0 saturated carbocycles. The van der Waals surface area contributed by atoms with Crippen LogP contribution in [0.5, 0.6) is 5.88 Å². The van der Waals surface area contributed by atoms with Crippen molar-refractivity contribution >= 4 is 35.9 Å². The molecule has 0 radical (unpaired) electrons. The van der Waals surface area contributed by atoms with E-state index in [9.17, 15) is 9.90 Å². The maximum atomic E-state index is 11.9. The van der Waals surface area contributed by atoms with E-state index in [-0.39, 0.29) is 16.2 Å². The number of aromatic amines is 1. The van der Waals surface area contributed by atoms with E-state index in [1.165, 1.54) is 4.57 Å². The molecule has 0 unspecified atom stereocenters. The summed E-state index contributed by atoms with van der Waals surface area (Å²) in [6.07, 6.45) is 4.83. The fourth-order valence-corrected chi connectivity index (χ4v) is 2.13. The number of hydrogen-bond acceptors (Lipinski definition) is 5. The fraction of sp³-hybridized carbons (Fsp3) is 0.0769. The first-order valence-electron chi connectivity index (χ1n) is 5.81. The van der Waals surface area contributed by atoms with E-state index in [1.54, 1.807) is 31.6 Å². The van der Waals surface area contributed by atoms with Crippen LogP contribution in [0.2, 0.25) is 0 Å². The smallest absolute Gasteiger partial charge is 0.262 e. The van der Waals surface area contributed by atoms with Crippen LogP contribution in [0.25, 0.3) is 11.6 Å². The van der Waals surface area contributed by atoms with Gasteiger partial charge in [0.05, 0.1) is 0 Å². The first-order valence-corrected chi connectivity index (χ1v) is 6.22. The molecule has 100 valence electrons. The van der Waals surface area contributed by atoms with E-state index in [2.05, 4.69) is 15.0 Å². The van der Waals surface area contributed by atoms with Crippen molar-refractivity contribution in [1.82, 2.24) is 14.5 Å². The first kappa shape index (κ1) is 12.5. The summed E-state index contributed by atoms with van der Waals surface area (Å²) in [4.78, 5) is 22.7. The standard InChI is InChI=1S/C13H10N4O2S/c1-17-12(19)9(11(18)16-13(17)20)5-7-6-15-10-8(7)3-2-4-14-10/h2-6,19H,1H3,(H,16,18,20)/b7-5+. The lowest BCUT2D eigenvalue weighted by atomic mass is 10.1. The van der Waals surface area contributed by atoms with Gasteiger partial charge in [0.1, 0.15) is 5.56 Å². The molecule has 3 heterocycles. The summed E-state index contributed by atoms with van der Waals surface area (Å²) in [5, 5.41) is 10.0. The van der Waals surface area contributed by atoms with Crippen molar-refractivity contribution in [3.8, 4) is 5.88 Å². The molecule has 0 saturated heterocycles. The highest BCUT2D eigenvalue weighted by Crippen LogP contribution is 2.30. The number of allylic oxidation sites excluding steroid dienone is 1. The number of nitrogens with zero attached hydrogens (tertiary/aromatic N) is 3. The zero-order chi connectivity index (χ0) is 14.3. The Hall–Kier alpha value is -2.54. The normalized spacial score (nSPS) is 14.8. The van der Waals surface area contributed by atoms with E-state index in [1.807, 2.05) is 6.07 Å². The second-order valence-electron chi connectivity index (χ2n) is 4.29. The van der Waals surface area contributed by atoms with Gasteiger partial charge in [0, 0.05) is 30.6 Å². The summed E-state index contributed by atoms with van der Waals surface area (Å²) in [6.45, 7) is 0. The van der Waals surface area contributed by atoms with Crippen molar-refractivity contribution in [2.24, 2.45) is 12.0 Å². The van der Waals surface area contributed by atoms with Crippen LogP contribution in [-0.2, 0) is 7.05 Å². The van der Waals surface area contributed by atoms with Gasteiger partial charge in [-0.3, -0.25) is 14.3 Å². The quantitative estimate of drug-likeness (QED) is 0.783. The number of nitrogens with one attached hydrogen (secondary N) is 1.